The van der Waals surface area contributed by atoms with E-state index < -0.39 is 0 Å². The zero-order chi connectivity index (χ0) is 12.3. The van der Waals surface area contributed by atoms with Crippen molar-refractivity contribution in [1.29, 1.82) is 0 Å². The average molecular weight is 252 g/mol. The second-order valence-electron chi connectivity index (χ2n) is 3.83. The number of thioether (sulfide) groups is 1. The zero-order valence-corrected chi connectivity index (χ0v) is 10.8. The number of primary amides is 1. The lowest BCUT2D eigenvalue weighted by Gasteiger charge is -2.04. The van der Waals surface area contributed by atoms with Crippen LogP contribution in [0.4, 0.5) is 0 Å². The van der Waals surface area contributed by atoms with Gasteiger partial charge in [-0.1, -0.05) is 18.2 Å². The van der Waals surface area contributed by atoms with Gasteiger partial charge < -0.3 is 11.1 Å². The summed E-state index contributed by atoms with van der Waals surface area (Å²) in [5.41, 5.74) is 5.06. The standard InChI is InChI=1S/C13H20N2OS/c14-13(16)8-4-5-9-15-10-11-17-12-6-2-1-3-7-12/h1-3,6-7,15H,4-5,8-11H2,(H2,14,16). The number of carbonyl (C=O) groups is 1. The molecule has 0 bridgehead atoms. The Hall–Kier alpha value is -1.00. The van der Waals surface area contributed by atoms with E-state index in [1.54, 1.807) is 0 Å². The smallest absolute Gasteiger partial charge is 0.217 e. The third-order valence-corrected chi connectivity index (χ3v) is 3.33. The summed E-state index contributed by atoms with van der Waals surface area (Å²) in [4.78, 5) is 11.8. The predicted octanol–water partition coefficient (Wildman–Crippen LogP) is 2.02. The number of amides is 1. The molecule has 0 saturated carbocycles. The van der Waals surface area contributed by atoms with Crippen LogP contribution in [0.3, 0.4) is 0 Å². The van der Waals surface area contributed by atoms with Crippen molar-refractivity contribution >= 4 is 17.7 Å². The van der Waals surface area contributed by atoms with Gasteiger partial charge >= 0.3 is 0 Å². The highest BCUT2D eigenvalue weighted by Crippen LogP contribution is 2.15. The highest BCUT2D eigenvalue weighted by Gasteiger charge is 1.95. The van der Waals surface area contributed by atoms with E-state index >= 15 is 0 Å². The lowest BCUT2D eigenvalue weighted by molar-refractivity contribution is -0.118. The van der Waals surface area contributed by atoms with Crippen molar-refractivity contribution in [3.05, 3.63) is 30.3 Å². The fourth-order valence-corrected chi connectivity index (χ4v) is 2.26. The molecule has 94 valence electrons. The third-order valence-electron chi connectivity index (χ3n) is 2.32. The molecule has 0 aliphatic rings. The van der Waals surface area contributed by atoms with Crippen LogP contribution in [0, 0.1) is 0 Å². The molecule has 1 amide bonds. The molecule has 0 spiro atoms. The van der Waals surface area contributed by atoms with Gasteiger partial charge in [0.25, 0.3) is 0 Å². The minimum Gasteiger partial charge on any atom is -0.370 e. The van der Waals surface area contributed by atoms with Gasteiger partial charge in [-0.2, -0.15) is 0 Å². The van der Waals surface area contributed by atoms with Gasteiger partial charge in [-0.15, -0.1) is 11.8 Å². The Labute approximate surface area is 107 Å². The first-order valence-corrected chi connectivity index (χ1v) is 6.94. The third kappa shape index (κ3) is 7.82. The Morgan fingerprint density at radius 2 is 1.94 bits per heavy atom. The van der Waals surface area contributed by atoms with Gasteiger partial charge in [0.1, 0.15) is 0 Å². The van der Waals surface area contributed by atoms with Gasteiger partial charge in [-0.3, -0.25) is 4.79 Å². The Morgan fingerprint density at radius 3 is 2.65 bits per heavy atom. The summed E-state index contributed by atoms with van der Waals surface area (Å²) in [6.07, 6.45) is 2.40. The van der Waals surface area contributed by atoms with Crippen LogP contribution < -0.4 is 11.1 Å². The molecule has 0 radical (unpaired) electrons. The Morgan fingerprint density at radius 1 is 1.18 bits per heavy atom. The maximum atomic E-state index is 10.5. The van der Waals surface area contributed by atoms with Crippen molar-refractivity contribution in [2.45, 2.75) is 24.2 Å². The summed E-state index contributed by atoms with van der Waals surface area (Å²) < 4.78 is 0. The zero-order valence-electron chi connectivity index (χ0n) is 10.0. The van der Waals surface area contributed by atoms with E-state index in [0.717, 1.165) is 31.7 Å². The van der Waals surface area contributed by atoms with Crippen LogP contribution >= 0.6 is 11.8 Å². The number of benzene rings is 1. The maximum Gasteiger partial charge on any atom is 0.217 e. The van der Waals surface area contributed by atoms with Gasteiger partial charge in [-0.05, 0) is 31.5 Å². The molecule has 3 nitrogen and oxygen atoms in total. The van der Waals surface area contributed by atoms with Crippen molar-refractivity contribution in [2.24, 2.45) is 5.73 Å². The summed E-state index contributed by atoms with van der Waals surface area (Å²) in [5, 5.41) is 3.36. The van der Waals surface area contributed by atoms with Gasteiger partial charge in [-0.25, -0.2) is 0 Å². The van der Waals surface area contributed by atoms with Crippen LogP contribution in [0.15, 0.2) is 35.2 Å². The molecule has 0 atom stereocenters. The van der Waals surface area contributed by atoms with E-state index in [0.29, 0.717) is 6.42 Å². The van der Waals surface area contributed by atoms with E-state index in [4.69, 9.17) is 5.73 Å². The minimum absolute atomic E-state index is 0.204. The molecule has 17 heavy (non-hydrogen) atoms. The number of unbranched alkanes of at least 4 members (excludes halogenated alkanes) is 1. The van der Waals surface area contributed by atoms with Crippen LogP contribution in [-0.4, -0.2) is 24.7 Å². The van der Waals surface area contributed by atoms with Gasteiger partial charge in [0.2, 0.25) is 5.91 Å². The second kappa shape index (κ2) is 9.07. The van der Waals surface area contributed by atoms with E-state index in [2.05, 4.69) is 29.6 Å². The number of nitrogens with two attached hydrogens (primary N) is 1. The minimum atomic E-state index is -0.204. The molecular weight excluding hydrogens is 232 g/mol. The summed E-state index contributed by atoms with van der Waals surface area (Å²) >= 11 is 1.85. The first-order valence-electron chi connectivity index (χ1n) is 5.96. The monoisotopic (exact) mass is 252 g/mol. The normalized spacial score (nSPS) is 10.4. The van der Waals surface area contributed by atoms with Crippen LogP contribution in [0.5, 0.6) is 0 Å². The first-order chi connectivity index (χ1) is 8.29. The summed E-state index contributed by atoms with van der Waals surface area (Å²) in [5.74, 6) is 0.865. The number of carbonyl (C=O) groups excluding carboxylic acids is 1. The topological polar surface area (TPSA) is 55.1 Å². The molecule has 0 unspecified atom stereocenters. The fourth-order valence-electron chi connectivity index (χ4n) is 1.43. The SMILES string of the molecule is NC(=O)CCCCNCCSc1ccccc1. The lowest BCUT2D eigenvalue weighted by atomic mass is 10.2. The highest BCUT2D eigenvalue weighted by atomic mass is 32.2. The van der Waals surface area contributed by atoms with Gasteiger partial charge in [0.05, 0.1) is 0 Å². The molecule has 1 rings (SSSR count). The Balaban J connectivity index is 1.90. The quantitative estimate of drug-likeness (QED) is 0.522. The Bertz CT molecular complexity index is 316. The molecule has 0 aromatic heterocycles. The van der Waals surface area contributed by atoms with E-state index in [1.807, 2.05) is 17.8 Å². The second-order valence-corrected chi connectivity index (χ2v) is 5.00. The first kappa shape index (κ1) is 14.1. The van der Waals surface area contributed by atoms with E-state index in [-0.39, 0.29) is 5.91 Å². The van der Waals surface area contributed by atoms with Crippen molar-refractivity contribution in [3.63, 3.8) is 0 Å². The maximum absolute atomic E-state index is 10.5. The molecule has 0 fully saturated rings. The van der Waals surface area contributed by atoms with Gasteiger partial charge in [0, 0.05) is 23.6 Å². The van der Waals surface area contributed by atoms with E-state index in [1.165, 1.54) is 4.90 Å². The molecule has 1 aromatic carbocycles. The Kier molecular flexibility index (Phi) is 7.51. The van der Waals surface area contributed by atoms with E-state index in [9.17, 15) is 4.79 Å². The highest BCUT2D eigenvalue weighted by molar-refractivity contribution is 7.99. The molecule has 1 aromatic rings. The largest absolute Gasteiger partial charge is 0.370 e. The molecule has 0 aliphatic heterocycles. The molecular formula is C13H20N2OS. The molecule has 4 heteroatoms. The number of nitrogens with one attached hydrogen (secondary N) is 1. The lowest BCUT2D eigenvalue weighted by Crippen LogP contribution is -2.19. The summed E-state index contributed by atoms with van der Waals surface area (Å²) in [6, 6.07) is 10.4. The van der Waals surface area contributed by atoms with Crippen LogP contribution in [0.1, 0.15) is 19.3 Å². The van der Waals surface area contributed by atoms with Crippen molar-refractivity contribution in [3.8, 4) is 0 Å². The fraction of sp³-hybridized carbons (Fsp3) is 0.462. The van der Waals surface area contributed by atoms with Crippen LogP contribution in [-0.2, 0) is 4.79 Å². The van der Waals surface area contributed by atoms with Crippen molar-refractivity contribution in [1.82, 2.24) is 5.32 Å². The summed E-state index contributed by atoms with van der Waals surface area (Å²) in [6.45, 7) is 1.96. The van der Waals surface area contributed by atoms with Crippen LogP contribution in [0.2, 0.25) is 0 Å². The summed E-state index contributed by atoms with van der Waals surface area (Å²) in [7, 11) is 0. The number of hydrogen-bond acceptors (Lipinski definition) is 3. The predicted molar refractivity (Wildman–Crippen MR) is 73.1 cm³/mol. The molecule has 3 N–H and O–H groups in total. The van der Waals surface area contributed by atoms with Gasteiger partial charge in [0.15, 0.2) is 0 Å². The molecule has 0 saturated heterocycles. The number of rotatable bonds is 9. The molecule has 0 aliphatic carbocycles. The van der Waals surface area contributed by atoms with Crippen LogP contribution in [0.25, 0.3) is 0 Å². The number of hydrogen-bond donors (Lipinski definition) is 2. The molecule has 0 heterocycles. The van der Waals surface area contributed by atoms with Crippen molar-refractivity contribution in [2.75, 3.05) is 18.8 Å². The average Bonchev–Trinajstić information content (AvgIpc) is 2.33. The van der Waals surface area contributed by atoms with Crippen molar-refractivity contribution < 1.29 is 4.79 Å².